The van der Waals surface area contributed by atoms with E-state index in [2.05, 4.69) is 15.6 Å². The van der Waals surface area contributed by atoms with Gasteiger partial charge in [-0.15, -0.1) is 0 Å². The average molecular weight is 408 g/mol. The number of para-hydroxylation sites is 1. The number of nitrogens with zero attached hydrogens (tertiary/aromatic N) is 2. The number of hydrogen-bond donors (Lipinski definition) is 2. The predicted molar refractivity (Wildman–Crippen MR) is 115 cm³/mol. The molecule has 0 spiro atoms. The second-order valence-corrected chi connectivity index (χ2v) is 7.72. The summed E-state index contributed by atoms with van der Waals surface area (Å²) < 4.78 is 8.02. The zero-order chi connectivity index (χ0) is 20.5. The van der Waals surface area contributed by atoms with Gasteiger partial charge < -0.3 is 19.9 Å². The minimum atomic E-state index is -0.720. The molecule has 0 saturated heterocycles. The van der Waals surface area contributed by atoms with Gasteiger partial charge in [-0.25, -0.2) is 4.98 Å². The van der Waals surface area contributed by atoms with Crippen molar-refractivity contribution in [3.05, 3.63) is 54.2 Å². The predicted octanol–water partition coefficient (Wildman–Crippen LogP) is 3.55. The monoisotopic (exact) mass is 408 g/mol. The minimum absolute atomic E-state index is 0.321. The molecule has 0 fully saturated rings. The maximum absolute atomic E-state index is 12.7. The van der Waals surface area contributed by atoms with Gasteiger partial charge in [-0.2, -0.15) is 0 Å². The van der Waals surface area contributed by atoms with Crippen LogP contribution in [-0.4, -0.2) is 34.5 Å². The minimum Gasteiger partial charge on any atom is -0.497 e. The van der Waals surface area contributed by atoms with Crippen molar-refractivity contribution in [2.45, 2.75) is 13.0 Å². The number of ether oxygens (including phenoxy) is 1. The van der Waals surface area contributed by atoms with Crippen LogP contribution in [0.15, 0.2) is 48.5 Å². The van der Waals surface area contributed by atoms with Gasteiger partial charge in [0.2, 0.25) is 5.91 Å². The van der Waals surface area contributed by atoms with Crippen LogP contribution in [0.1, 0.15) is 17.4 Å². The number of methoxy groups -OCH3 is 1. The molecule has 0 aliphatic heterocycles. The van der Waals surface area contributed by atoms with Gasteiger partial charge in [0.1, 0.15) is 17.5 Å². The summed E-state index contributed by atoms with van der Waals surface area (Å²) in [6.45, 7) is 1.65. The molecular formula is C21H20N4O3S. The molecule has 8 heteroatoms. The van der Waals surface area contributed by atoms with Crippen LogP contribution < -0.4 is 15.4 Å². The van der Waals surface area contributed by atoms with Gasteiger partial charge in [-0.3, -0.25) is 9.59 Å². The van der Waals surface area contributed by atoms with Gasteiger partial charge in [-0.05, 0) is 43.3 Å². The van der Waals surface area contributed by atoms with E-state index in [0.29, 0.717) is 10.8 Å². The summed E-state index contributed by atoms with van der Waals surface area (Å²) in [4.78, 5) is 29.6. The number of anilines is 1. The highest BCUT2D eigenvalue weighted by Gasteiger charge is 2.20. The van der Waals surface area contributed by atoms with Gasteiger partial charge in [0.05, 0.1) is 17.3 Å². The number of benzene rings is 2. The Morgan fingerprint density at radius 1 is 1.17 bits per heavy atom. The molecule has 1 atom stereocenters. The molecular weight excluding hydrogens is 388 g/mol. The Bertz CT molecular complexity index is 1190. The van der Waals surface area contributed by atoms with E-state index in [1.807, 2.05) is 49.5 Å². The largest absolute Gasteiger partial charge is 0.497 e. The fourth-order valence-corrected chi connectivity index (χ4v) is 4.02. The van der Waals surface area contributed by atoms with Crippen LogP contribution in [0.25, 0.3) is 21.1 Å². The van der Waals surface area contributed by atoms with Crippen molar-refractivity contribution in [3.8, 4) is 5.75 Å². The number of aromatic nitrogens is 2. The van der Waals surface area contributed by atoms with E-state index >= 15 is 0 Å². The zero-order valence-corrected chi connectivity index (χ0v) is 17.0. The molecule has 2 aromatic carbocycles. The van der Waals surface area contributed by atoms with Crippen molar-refractivity contribution in [2.75, 3.05) is 12.4 Å². The summed E-state index contributed by atoms with van der Waals surface area (Å²) in [6, 6.07) is 14.3. The lowest BCUT2D eigenvalue weighted by Gasteiger charge is -2.13. The molecule has 0 radical (unpaired) electrons. The second kappa shape index (κ2) is 7.56. The Balaban J connectivity index is 1.48. The number of hydrogen-bond acceptors (Lipinski definition) is 5. The first-order valence-electron chi connectivity index (χ1n) is 9.07. The normalized spacial score (nSPS) is 12.1. The molecule has 2 heterocycles. The molecule has 4 aromatic rings. The third-order valence-electron chi connectivity index (χ3n) is 4.75. The highest BCUT2D eigenvalue weighted by molar-refractivity contribution is 7.22. The second-order valence-electron chi connectivity index (χ2n) is 6.68. The highest BCUT2D eigenvalue weighted by atomic mass is 32.1. The first-order chi connectivity index (χ1) is 14.0. The molecule has 0 aliphatic carbocycles. The number of carbonyl (C=O) groups excluding carboxylic acids is 2. The van der Waals surface area contributed by atoms with Crippen molar-refractivity contribution in [1.29, 1.82) is 0 Å². The fourth-order valence-electron chi connectivity index (χ4n) is 3.15. The Labute approximate surface area is 171 Å². The number of rotatable bonds is 5. The molecule has 29 heavy (non-hydrogen) atoms. The van der Waals surface area contributed by atoms with Crippen molar-refractivity contribution in [1.82, 2.24) is 14.9 Å². The van der Waals surface area contributed by atoms with Gasteiger partial charge in [0.25, 0.3) is 5.91 Å². The molecule has 0 bridgehead atoms. The Morgan fingerprint density at radius 3 is 2.72 bits per heavy atom. The molecule has 2 aromatic heterocycles. The summed E-state index contributed by atoms with van der Waals surface area (Å²) in [7, 11) is 3.42. The van der Waals surface area contributed by atoms with E-state index in [1.54, 1.807) is 24.7 Å². The van der Waals surface area contributed by atoms with E-state index in [4.69, 9.17) is 4.74 Å². The molecule has 148 valence electrons. The Morgan fingerprint density at radius 2 is 1.97 bits per heavy atom. The number of carbonyl (C=O) groups is 2. The quantitative estimate of drug-likeness (QED) is 0.529. The summed E-state index contributed by atoms with van der Waals surface area (Å²) in [6.07, 6.45) is 0. The lowest BCUT2D eigenvalue weighted by Crippen LogP contribution is -2.42. The Hall–Kier alpha value is -3.39. The third-order valence-corrected chi connectivity index (χ3v) is 5.70. The summed E-state index contributed by atoms with van der Waals surface area (Å²) in [5.41, 5.74) is 2.20. The Kier molecular flexibility index (Phi) is 4.94. The highest BCUT2D eigenvalue weighted by Crippen LogP contribution is 2.26. The van der Waals surface area contributed by atoms with Crippen LogP contribution in [-0.2, 0) is 11.8 Å². The van der Waals surface area contributed by atoms with E-state index in [-0.39, 0.29) is 11.8 Å². The van der Waals surface area contributed by atoms with E-state index in [1.165, 1.54) is 11.3 Å². The zero-order valence-electron chi connectivity index (χ0n) is 16.2. The number of aryl methyl sites for hydroxylation is 1. The van der Waals surface area contributed by atoms with Crippen molar-refractivity contribution >= 4 is 49.4 Å². The van der Waals surface area contributed by atoms with E-state index in [0.717, 1.165) is 26.9 Å². The van der Waals surface area contributed by atoms with Crippen molar-refractivity contribution in [2.24, 2.45) is 7.05 Å². The summed E-state index contributed by atoms with van der Waals surface area (Å²) in [5.74, 6) is 0.0751. The van der Waals surface area contributed by atoms with Gasteiger partial charge in [-0.1, -0.05) is 23.5 Å². The van der Waals surface area contributed by atoms with Crippen LogP contribution >= 0.6 is 11.3 Å². The maximum Gasteiger partial charge on any atom is 0.268 e. The fraction of sp³-hybridized carbons (Fsp3) is 0.190. The van der Waals surface area contributed by atoms with Crippen LogP contribution in [0, 0.1) is 0 Å². The van der Waals surface area contributed by atoms with Crippen LogP contribution in [0.2, 0.25) is 0 Å². The van der Waals surface area contributed by atoms with E-state index in [9.17, 15) is 9.59 Å². The molecule has 0 saturated carbocycles. The first-order valence-corrected chi connectivity index (χ1v) is 9.88. The van der Waals surface area contributed by atoms with Crippen molar-refractivity contribution < 1.29 is 14.3 Å². The molecule has 4 rings (SSSR count). The maximum atomic E-state index is 12.7. The first kappa shape index (κ1) is 18.9. The van der Waals surface area contributed by atoms with E-state index < -0.39 is 6.04 Å². The topological polar surface area (TPSA) is 85.2 Å². The lowest BCUT2D eigenvalue weighted by atomic mass is 10.2. The third kappa shape index (κ3) is 3.66. The van der Waals surface area contributed by atoms with Gasteiger partial charge >= 0.3 is 0 Å². The molecule has 0 aliphatic rings. The average Bonchev–Trinajstić information content (AvgIpc) is 3.27. The van der Waals surface area contributed by atoms with Crippen molar-refractivity contribution in [3.63, 3.8) is 0 Å². The lowest BCUT2D eigenvalue weighted by molar-refractivity contribution is -0.117. The van der Waals surface area contributed by atoms with Crippen LogP contribution in [0.4, 0.5) is 5.13 Å². The molecule has 2 N–H and O–H groups in total. The van der Waals surface area contributed by atoms with Crippen LogP contribution in [0.3, 0.4) is 0 Å². The summed E-state index contributed by atoms with van der Waals surface area (Å²) >= 11 is 1.40. The van der Waals surface area contributed by atoms with Gasteiger partial charge in [0.15, 0.2) is 5.13 Å². The number of fused-ring (bicyclic) bond motifs is 2. The summed E-state index contributed by atoms with van der Waals surface area (Å²) in [5, 5.41) is 6.93. The number of nitrogens with one attached hydrogen (secondary N) is 2. The molecule has 7 nitrogen and oxygen atoms in total. The number of amides is 2. The molecule has 0 unspecified atom stereocenters. The van der Waals surface area contributed by atoms with Gasteiger partial charge in [0, 0.05) is 18.0 Å². The van der Waals surface area contributed by atoms with Crippen LogP contribution in [0.5, 0.6) is 5.75 Å². The standard InChI is InChI=1S/C21H20N4O3S/c1-12(19(26)24-21-23-15-6-4-5-7-18(15)29-21)22-20(27)17-11-13-10-14(28-3)8-9-16(13)25(17)2/h4-12H,1-3H3,(H,22,27)(H,23,24,26)/t12-/m1/s1. The smallest absolute Gasteiger partial charge is 0.268 e. The SMILES string of the molecule is COc1ccc2c(c1)cc(C(=O)N[C@H](C)C(=O)Nc1nc3ccccc3s1)n2C. The molecule has 2 amide bonds. The number of thiazole rings is 1.